The molecule has 1 amide bonds. The molecule has 1 fully saturated rings. The smallest absolute Gasteiger partial charge is 0.231 e. The van der Waals surface area contributed by atoms with E-state index in [4.69, 9.17) is 11.6 Å². The van der Waals surface area contributed by atoms with Crippen molar-refractivity contribution in [2.75, 3.05) is 0 Å². The number of nitrogens with one attached hydrogen (secondary N) is 1. The molecule has 0 aliphatic heterocycles. The summed E-state index contributed by atoms with van der Waals surface area (Å²) in [6.07, 6.45) is 5.73. The Morgan fingerprint density at radius 2 is 1.88 bits per heavy atom. The number of carbonyl (C=O) groups excluding carboxylic acids is 1. The monoisotopic (exact) mass is 368 g/mol. The van der Waals surface area contributed by atoms with E-state index in [0.29, 0.717) is 5.02 Å². The zero-order chi connectivity index (χ0) is 18.1. The predicted octanol–water partition coefficient (Wildman–Crippen LogP) is 4.07. The molecule has 5 nitrogen and oxygen atoms in total. The van der Waals surface area contributed by atoms with Crippen molar-refractivity contribution in [3.05, 3.63) is 65.1 Å². The molecule has 2 aromatic heterocycles. The van der Waals surface area contributed by atoms with Crippen LogP contribution in [0.25, 0.3) is 5.65 Å². The van der Waals surface area contributed by atoms with Crippen LogP contribution >= 0.6 is 11.6 Å². The summed E-state index contributed by atoms with van der Waals surface area (Å²) in [4.78, 5) is 13.3. The number of carbonyl (C=O) groups is 1. The molecule has 1 aliphatic rings. The molecule has 1 saturated carbocycles. The third-order valence-corrected chi connectivity index (χ3v) is 5.62. The van der Waals surface area contributed by atoms with E-state index in [0.717, 1.165) is 42.7 Å². The number of halogens is 1. The van der Waals surface area contributed by atoms with E-state index in [1.54, 1.807) is 0 Å². The van der Waals surface area contributed by atoms with Crippen LogP contribution in [-0.2, 0) is 10.2 Å². The highest BCUT2D eigenvalue weighted by atomic mass is 35.5. The lowest BCUT2D eigenvalue weighted by molar-refractivity contribution is -0.127. The molecule has 0 unspecified atom stereocenters. The van der Waals surface area contributed by atoms with Gasteiger partial charge >= 0.3 is 0 Å². The summed E-state index contributed by atoms with van der Waals surface area (Å²) >= 11 is 6.03. The van der Waals surface area contributed by atoms with Crippen molar-refractivity contribution < 1.29 is 4.79 Å². The number of fused-ring (bicyclic) bond motifs is 1. The van der Waals surface area contributed by atoms with Crippen molar-refractivity contribution in [2.45, 2.75) is 44.1 Å². The molecular formula is C20H21ClN4O. The maximum Gasteiger partial charge on any atom is 0.231 e. The molecule has 134 valence electrons. The maximum absolute atomic E-state index is 13.3. The Bertz CT molecular complexity index is 928. The fourth-order valence-corrected chi connectivity index (χ4v) is 4.07. The molecule has 1 aromatic carbocycles. The Hall–Kier alpha value is -2.40. The SMILES string of the molecule is C[C@H](NC(=O)C1(c2ccc(Cl)cc2)CCCC1)c1nnc2ccccn12. The number of aromatic nitrogens is 3. The summed E-state index contributed by atoms with van der Waals surface area (Å²) in [6, 6.07) is 13.2. The third-order valence-electron chi connectivity index (χ3n) is 5.36. The quantitative estimate of drug-likeness (QED) is 0.755. The van der Waals surface area contributed by atoms with Crippen LogP contribution in [0.2, 0.25) is 5.02 Å². The summed E-state index contributed by atoms with van der Waals surface area (Å²) < 4.78 is 1.91. The van der Waals surface area contributed by atoms with Crippen LogP contribution in [0.1, 0.15) is 50.0 Å². The van der Waals surface area contributed by atoms with Crippen molar-refractivity contribution in [1.29, 1.82) is 0 Å². The van der Waals surface area contributed by atoms with Crippen LogP contribution in [0.15, 0.2) is 48.7 Å². The second kappa shape index (κ2) is 6.72. The van der Waals surface area contributed by atoms with E-state index in [1.165, 1.54) is 0 Å². The van der Waals surface area contributed by atoms with Crippen LogP contribution in [0.5, 0.6) is 0 Å². The Labute approximate surface area is 157 Å². The van der Waals surface area contributed by atoms with E-state index < -0.39 is 5.41 Å². The molecule has 6 heteroatoms. The zero-order valence-electron chi connectivity index (χ0n) is 14.7. The largest absolute Gasteiger partial charge is 0.346 e. The normalized spacial score (nSPS) is 17.3. The molecule has 1 N–H and O–H groups in total. The topological polar surface area (TPSA) is 59.3 Å². The minimum atomic E-state index is -0.487. The van der Waals surface area contributed by atoms with Gasteiger partial charge < -0.3 is 5.32 Å². The van der Waals surface area contributed by atoms with Gasteiger partial charge in [0.2, 0.25) is 5.91 Å². The lowest BCUT2D eigenvalue weighted by Crippen LogP contribution is -2.43. The van der Waals surface area contributed by atoms with Crippen LogP contribution in [0, 0.1) is 0 Å². The van der Waals surface area contributed by atoms with Gasteiger partial charge in [0.05, 0.1) is 11.5 Å². The van der Waals surface area contributed by atoms with E-state index in [-0.39, 0.29) is 11.9 Å². The molecule has 0 spiro atoms. The molecular weight excluding hydrogens is 348 g/mol. The Kier molecular flexibility index (Phi) is 4.41. The second-order valence-electron chi connectivity index (χ2n) is 6.98. The van der Waals surface area contributed by atoms with Gasteiger partial charge in [0.25, 0.3) is 0 Å². The van der Waals surface area contributed by atoms with Gasteiger partial charge in [-0.1, -0.05) is 42.6 Å². The zero-order valence-corrected chi connectivity index (χ0v) is 15.4. The molecule has 0 saturated heterocycles. The number of rotatable bonds is 4. The number of amides is 1. The van der Waals surface area contributed by atoms with Crippen molar-refractivity contribution in [3.8, 4) is 0 Å². The fourth-order valence-electron chi connectivity index (χ4n) is 3.95. The summed E-state index contributed by atoms with van der Waals surface area (Å²) in [7, 11) is 0. The first-order valence-electron chi connectivity index (χ1n) is 8.97. The van der Waals surface area contributed by atoms with Crippen molar-refractivity contribution in [1.82, 2.24) is 19.9 Å². The minimum absolute atomic E-state index is 0.0532. The van der Waals surface area contributed by atoms with Crippen molar-refractivity contribution in [2.24, 2.45) is 0 Å². The highest BCUT2D eigenvalue weighted by Crippen LogP contribution is 2.42. The summed E-state index contributed by atoms with van der Waals surface area (Å²) in [6.45, 7) is 1.95. The number of pyridine rings is 1. The Balaban J connectivity index is 1.62. The van der Waals surface area contributed by atoms with Crippen LogP contribution in [0.4, 0.5) is 0 Å². The molecule has 1 aliphatic carbocycles. The summed E-state index contributed by atoms with van der Waals surface area (Å²) in [5.74, 6) is 0.788. The molecule has 0 bridgehead atoms. The van der Waals surface area contributed by atoms with Gasteiger partial charge in [0, 0.05) is 11.2 Å². The van der Waals surface area contributed by atoms with Gasteiger partial charge in [-0.15, -0.1) is 10.2 Å². The first-order chi connectivity index (χ1) is 12.6. The number of benzene rings is 1. The Morgan fingerprint density at radius 3 is 2.62 bits per heavy atom. The van der Waals surface area contributed by atoms with Gasteiger partial charge in [-0.2, -0.15) is 0 Å². The maximum atomic E-state index is 13.3. The van der Waals surface area contributed by atoms with Crippen LogP contribution in [-0.4, -0.2) is 20.5 Å². The number of hydrogen-bond acceptors (Lipinski definition) is 3. The number of nitrogens with zero attached hydrogens (tertiary/aromatic N) is 3. The molecule has 4 rings (SSSR count). The predicted molar refractivity (Wildman–Crippen MR) is 101 cm³/mol. The van der Waals surface area contributed by atoms with Gasteiger partial charge in [0.15, 0.2) is 11.5 Å². The lowest BCUT2D eigenvalue weighted by atomic mass is 9.78. The third kappa shape index (κ3) is 2.86. The lowest BCUT2D eigenvalue weighted by Gasteiger charge is -2.29. The highest BCUT2D eigenvalue weighted by Gasteiger charge is 2.43. The van der Waals surface area contributed by atoms with Crippen molar-refractivity contribution in [3.63, 3.8) is 0 Å². The average Bonchev–Trinajstić information content (AvgIpc) is 3.30. The van der Waals surface area contributed by atoms with Crippen molar-refractivity contribution >= 4 is 23.2 Å². The van der Waals surface area contributed by atoms with Gasteiger partial charge in [0.1, 0.15) is 0 Å². The highest BCUT2D eigenvalue weighted by molar-refractivity contribution is 6.30. The first-order valence-corrected chi connectivity index (χ1v) is 9.35. The minimum Gasteiger partial charge on any atom is -0.346 e. The van der Waals surface area contributed by atoms with Gasteiger partial charge in [-0.3, -0.25) is 9.20 Å². The summed E-state index contributed by atoms with van der Waals surface area (Å²) in [5.41, 5.74) is 1.33. The van der Waals surface area contributed by atoms with Crippen LogP contribution < -0.4 is 5.32 Å². The number of hydrogen-bond donors (Lipinski definition) is 1. The Morgan fingerprint density at radius 1 is 1.15 bits per heavy atom. The van der Waals surface area contributed by atoms with E-state index in [1.807, 2.05) is 60.0 Å². The molecule has 3 aromatic rings. The molecule has 26 heavy (non-hydrogen) atoms. The van der Waals surface area contributed by atoms with Gasteiger partial charge in [-0.05, 0) is 49.6 Å². The molecule has 0 radical (unpaired) electrons. The van der Waals surface area contributed by atoms with Crippen LogP contribution in [0.3, 0.4) is 0 Å². The standard InChI is InChI=1S/C20H21ClN4O/c1-14(18-24-23-17-6-2-5-13-25(17)18)22-19(26)20(11-3-4-12-20)15-7-9-16(21)10-8-15/h2,5-10,13-14H,3-4,11-12H2,1H3,(H,22,26)/t14-/m0/s1. The second-order valence-corrected chi connectivity index (χ2v) is 7.41. The molecule has 1 atom stereocenters. The molecule has 2 heterocycles. The summed E-state index contributed by atoms with van der Waals surface area (Å²) in [5, 5.41) is 12.3. The fraction of sp³-hybridized carbons (Fsp3) is 0.350. The van der Waals surface area contributed by atoms with E-state index in [2.05, 4.69) is 15.5 Å². The van der Waals surface area contributed by atoms with E-state index >= 15 is 0 Å². The first kappa shape index (κ1) is 17.0. The van der Waals surface area contributed by atoms with E-state index in [9.17, 15) is 4.79 Å². The van der Waals surface area contributed by atoms with Gasteiger partial charge in [-0.25, -0.2) is 0 Å². The average molecular weight is 369 g/mol.